The van der Waals surface area contributed by atoms with Gasteiger partial charge in [0.05, 0.1) is 5.25 Å². The van der Waals surface area contributed by atoms with Crippen molar-refractivity contribution < 1.29 is 14.0 Å². The minimum Gasteiger partial charge on any atom is -0.343 e. The zero-order valence-corrected chi connectivity index (χ0v) is 15.7. The molecule has 0 bridgehead atoms. The highest BCUT2D eigenvalue weighted by Gasteiger charge is 2.32. The van der Waals surface area contributed by atoms with Gasteiger partial charge in [-0.2, -0.15) is 0 Å². The Morgan fingerprint density at radius 3 is 2.81 bits per heavy atom. The molecule has 4 rings (SSSR count). The molecule has 2 atom stereocenters. The van der Waals surface area contributed by atoms with Crippen LogP contribution in [0.5, 0.6) is 0 Å². The minimum absolute atomic E-state index is 0.210. The molecule has 1 heterocycles. The standard InChI is InChI=1S/C21H21FN2O2S/c22-17-7-2-1-4-15(17)11-19-21(26)24-18(12-27-19)20(25)23-16-9-8-13-5-3-6-14(13)10-16/h1-2,4,7-10,18-19H,3,5-6,11-12H2,(H,23,25)(H,24,26)/t18-,19+/m1/s1. The Labute approximate surface area is 161 Å². The van der Waals surface area contributed by atoms with Crippen LogP contribution in [0.2, 0.25) is 0 Å². The maximum absolute atomic E-state index is 13.8. The van der Waals surface area contributed by atoms with E-state index in [0.29, 0.717) is 17.7 Å². The predicted molar refractivity (Wildman–Crippen MR) is 105 cm³/mol. The van der Waals surface area contributed by atoms with Crippen molar-refractivity contribution in [3.8, 4) is 0 Å². The first-order chi connectivity index (χ1) is 13.1. The molecule has 2 aliphatic rings. The van der Waals surface area contributed by atoms with Gasteiger partial charge >= 0.3 is 0 Å². The van der Waals surface area contributed by atoms with Crippen molar-refractivity contribution in [3.63, 3.8) is 0 Å². The summed E-state index contributed by atoms with van der Waals surface area (Å²) in [4.78, 5) is 24.9. The molecule has 4 nitrogen and oxygen atoms in total. The molecular formula is C21H21FN2O2S. The SMILES string of the molecule is O=C1N[C@@H](C(=O)Nc2ccc3c(c2)CCC3)CS[C@H]1Cc1ccccc1F. The number of thioether (sulfide) groups is 1. The lowest BCUT2D eigenvalue weighted by Gasteiger charge is -2.28. The third kappa shape index (κ3) is 4.00. The number of hydrogen-bond donors (Lipinski definition) is 2. The van der Waals surface area contributed by atoms with Crippen LogP contribution in [-0.2, 0) is 28.9 Å². The van der Waals surface area contributed by atoms with Gasteiger partial charge in [-0.05, 0) is 60.6 Å². The summed E-state index contributed by atoms with van der Waals surface area (Å²) in [5.41, 5.74) is 3.94. The Hall–Kier alpha value is -2.34. The van der Waals surface area contributed by atoms with Crippen LogP contribution in [0.15, 0.2) is 42.5 Å². The van der Waals surface area contributed by atoms with Gasteiger partial charge in [-0.25, -0.2) is 4.39 Å². The maximum atomic E-state index is 13.8. The van der Waals surface area contributed by atoms with Crippen molar-refractivity contribution in [2.75, 3.05) is 11.1 Å². The van der Waals surface area contributed by atoms with Crippen LogP contribution >= 0.6 is 11.8 Å². The monoisotopic (exact) mass is 384 g/mol. The molecular weight excluding hydrogens is 363 g/mol. The van der Waals surface area contributed by atoms with E-state index < -0.39 is 6.04 Å². The Kier molecular flexibility index (Phi) is 5.16. The zero-order chi connectivity index (χ0) is 18.8. The van der Waals surface area contributed by atoms with E-state index in [-0.39, 0.29) is 22.9 Å². The van der Waals surface area contributed by atoms with Crippen LogP contribution in [0.4, 0.5) is 10.1 Å². The third-order valence-corrected chi connectivity index (χ3v) is 6.43. The Bertz CT molecular complexity index is 886. The van der Waals surface area contributed by atoms with Crippen LogP contribution in [0.1, 0.15) is 23.1 Å². The molecule has 6 heteroatoms. The smallest absolute Gasteiger partial charge is 0.247 e. The molecule has 0 radical (unpaired) electrons. The second-order valence-electron chi connectivity index (χ2n) is 7.00. The van der Waals surface area contributed by atoms with E-state index in [2.05, 4.69) is 16.7 Å². The minimum atomic E-state index is -0.576. The van der Waals surface area contributed by atoms with Crippen molar-refractivity contribution in [1.29, 1.82) is 0 Å². The van der Waals surface area contributed by atoms with Gasteiger partial charge in [-0.15, -0.1) is 11.8 Å². The van der Waals surface area contributed by atoms with E-state index in [1.54, 1.807) is 18.2 Å². The number of carbonyl (C=O) groups is 2. The number of anilines is 1. The van der Waals surface area contributed by atoms with Gasteiger partial charge < -0.3 is 10.6 Å². The van der Waals surface area contributed by atoms with Crippen molar-refractivity contribution >= 4 is 29.3 Å². The van der Waals surface area contributed by atoms with E-state index in [4.69, 9.17) is 0 Å². The summed E-state index contributed by atoms with van der Waals surface area (Å²) in [5, 5.41) is 5.31. The number of hydrogen-bond acceptors (Lipinski definition) is 3. The largest absolute Gasteiger partial charge is 0.343 e. The number of nitrogens with one attached hydrogen (secondary N) is 2. The Balaban J connectivity index is 1.35. The summed E-state index contributed by atoms with van der Waals surface area (Å²) < 4.78 is 13.8. The van der Waals surface area contributed by atoms with E-state index in [1.807, 2.05) is 12.1 Å². The molecule has 1 saturated heterocycles. The summed E-state index contributed by atoms with van der Waals surface area (Å²) in [5.74, 6) is -0.258. The molecule has 1 aliphatic heterocycles. The highest BCUT2D eigenvalue weighted by molar-refractivity contribution is 8.00. The van der Waals surface area contributed by atoms with E-state index in [1.165, 1.54) is 29.0 Å². The third-order valence-electron chi connectivity index (χ3n) is 5.12. The quantitative estimate of drug-likeness (QED) is 0.852. The van der Waals surface area contributed by atoms with Crippen LogP contribution in [0.25, 0.3) is 0 Å². The molecule has 1 fully saturated rings. The second kappa shape index (κ2) is 7.72. The molecule has 140 valence electrons. The van der Waals surface area contributed by atoms with Gasteiger partial charge in [0, 0.05) is 11.4 Å². The van der Waals surface area contributed by atoms with Crippen molar-refractivity contribution in [3.05, 3.63) is 65.0 Å². The van der Waals surface area contributed by atoms with Gasteiger partial charge in [-0.1, -0.05) is 24.3 Å². The topological polar surface area (TPSA) is 58.2 Å². The molecule has 2 aromatic carbocycles. The summed E-state index contributed by atoms with van der Waals surface area (Å²) in [6.07, 6.45) is 3.63. The molecule has 0 unspecified atom stereocenters. The number of carbonyl (C=O) groups excluding carboxylic acids is 2. The molecule has 0 aromatic heterocycles. The number of amides is 2. The lowest BCUT2D eigenvalue weighted by Crippen LogP contribution is -2.52. The number of benzene rings is 2. The number of aryl methyl sites for hydroxylation is 2. The van der Waals surface area contributed by atoms with Crippen molar-refractivity contribution in [2.24, 2.45) is 0 Å². The Morgan fingerprint density at radius 2 is 2.00 bits per heavy atom. The fraction of sp³-hybridized carbons (Fsp3) is 0.333. The molecule has 2 N–H and O–H groups in total. The van der Waals surface area contributed by atoms with Crippen LogP contribution in [-0.4, -0.2) is 28.9 Å². The second-order valence-corrected chi connectivity index (χ2v) is 8.24. The highest BCUT2D eigenvalue weighted by atomic mass is 32.2. The molecule has 0 spiro atoms. The maximum Gasteiger partial charge on any atom is 0.247 e. The van der Waals surface area contributed by atoms with Gasteiger partial charge in [0.1, 0.15) is 11.9 Å². The van der Waals surface area contributed by atoms with Gasteiger partial charge in [0.15, 0.2) is 0 Å². The van der Waals surface area contributed by atoms with Gasteiger partial charge in [0.2, 0.25) is 11.8 Å². The summed E-state index contributed by atoms with van der Waals surface area (Å²) in [6, 6.07) is 11.9. The van der Waals surface area contributed by atoms with Crippen molar-refractivity contribution in [2.45, 2.75) is 37.0 Å². The number of fused-ring (bicyclic) bond motifs is 1. The van der Waals surface area contributed by atoms with Crippen LogP contribution in [0.3, 0.4) is 0 Å². The average molecular weight is 384 g/mol. The highest BCUT2D eigenvalue weighted by Crippen LogP contribution is 2.26. The first kappa shape index (κ1) is 18.0. The Morgan fingerprint density at radius 1 is 1.19 bits per heavy atom. The zero-order valence-electron chi connectivity index (χ0n) is 14.8. The summed E-state index contributed by atoms with van der Waals surface area (Å²) in [6.45, 7) is 0. The van der Waals surface area contributed by atoms with E-state index in [9.17, 15) is 14.0 Å². The summed E-state index contributed by atoms with van der Waals surface area (Å²) >= 11 is 1.40. The molecule has 1 aliphatic carbocycles. The molecule has 0 saturated carbocycles. The normalized spacial score (nSPS) is 21.4. The van der Waals surface area contributed by atoms with Crippen LogP contribution < -0.4 is 10.6 Å². The predicted octanol–water partition coefficient (Wildman–Crippen LogP) is 3.10. The van der Waals surface area contributed by atoms with Crippen LogP contribution in [0, 0.1) is 5.82 Å². The molecule has 2 amide bonds. The van der Waals surface area contributed by atoms with Gasteiger partial charge in [-0.3, -0.25) is 9.59 Å². The lowest BCUT2D eigenvalue weighted by atomic mass is 10.1. The first-order valence-corrected chi connectivity index (χ1v) is 10.2. The average Bonchev–Trinajstić information content (AvgIpc) is 3.13. The summed E-state index contributed by atoms with van der Waals surface area (Å²) in [7, 11) is 0. The van der Waals surface area contributed by atoms with E-state index in [0.717, 1.165) is 24.9 Å². The fourth-order valence-electron chi connectivity index (χ4n) is 3.63. The molecule has 27 heavy (non-hydrogen) atoms. The van der Waals surface area contributed by atoms with Crippen molar-refractivity contribution in [1.82, 2.24) is 5.32 Å². The first-order valence-electron chi connectivity index (χ1n) is 9.18. The van der Waals surface area contributed by atoms with E-state index >= 15 is 0 Å². The van der Waals surface area contributed by atoms with Gasteiger partial charge in [0.25, 0.3) is 0 Å². The fourth-order valence-corrected chi connectivity index (χ4v) is 4.81. The lowest BCUT2D eigenvalue weighted by molar-refractivity contribution is -0.126. The molecule has 2 aromatic rings. The number of rotatable bonds is 4. The number of halogens is 1.